The Labute approximate surface area is 265 Å². The van der Waals surface area contributed by atoms with Crippen molar-refractivity contribution in [3.05, 3.63) is 109 Å². The van der Waals surface area contributed by atoms with Crippen molar-refractivity contribution >= 4 is 45.0 Å². The molecule has 0 saturated carbocycles. The maximum absolute atomic E-state index is 12.7. The van der Waals surface area contributed by atoms with Gasteiger partial charge in [-0.15, -0.1) is 0 Å². The number of aromatic carboxylic acids is 1. The number of carboxylic acid groups (broad SMARTS) is 1. The van der Waals surface area contributed by atoms with Gasteiger partial charge in [0.05, 0.1) is 21.1 Å². The van der Waals surface area contributed by atoms with Gasteiger partial charge in [0.15, 0.2) is 11.6 Å². The molecule has 0 radical (unpaired) electrons. The number of nitrogen functional groups attached to an aromatic ring is 1. The highest BCUT2D eigenvalue weighted by Gasteiger charge is 2.17. The Bertz CT molecular complexity index is 1540. The largest absolute Gasteiger partial charge is 0.478 e. The standard InChI is InChI=1S/C8H6FNO3.C8H8FNO.C7H4FNO4.2CH4O.CH4.H2O4S/c1-5(11)6-2-3-7(9)8(4-6)10(12)13;1-5(11)6-2-3-7(9)8(10)4-6;8-5-2-1-4(7(10)11)3-6(5)9(12)13;2*1-2;;1-5(2,3)4/h2-4H,1H3;2-4H,10H2,1H3;1-3H,(H,10,11);2*2H,1H3;1H4;(H2,1,2,3,4). The zero-order chi connectivity index (χ0) is 36.9. The minimum atomic E-state index is -4.67. The number of carbonyl (C=O) groups excluding carboxylic acids is 2. The molecule has 3 rings (SSSR count). The number of nitro groups is 2. The number of benzene rings is 3. The van der Waals surface area contributed by atoms with Crippen LogP contribution in [0.4, 0.5) is 30.2 Å². The van der Waals surface area contributed by atoms with Gasteiger partial charge in [0.2, 0.25) is 11.6 Å². The summed E-state index contributed by atoms with van der Waals surface area (Å²) in [4.78, 5) is 50.4. The number of hydrogen-bond acceptors (Lipinski definition) is 12. The molecule has 0 aliphatic carbocycles. The summed E-state index contributed by atoms with van der Waals surface area (Å²) in [5, 5.41) is 42.9. The van der Waals surface area contributed by atoms with Crippen molar-refractivity contribution in [2.24, 2.45) is 0 Å². The molecule has 0 fully saturated rings. The van der Waals surface area contributed by atoms with Gasteiger partial charge in [0.25, 0.3) is 0 Å². The predicted octanol–water partition coefficient (Wildman–Crippen LogP) is 4.18. The van der Waals surface area contributed by atoms with E-state index in [1.165, 1.54) is 38.1 Å². The number of carbonyl (C=O) groups is 3. The maximum Gasteiger partial charge on any atom is 0.394 e. The number of hydrogen-bond donors (Lipinski definition) is 6. The van der Waals surface area contributed by atoms with Crippen molar-refractivity contribution in [2.45, 2.75) is 21.3 Å². The fraction of sp³-hybridized carbons (Fsp3) is 0.192. The lowest BCUT2D eigenvalue weighted by Gasteiger charge is -1.97. The minimum absolute atomic E-state index is 0. The van der Waals surface area contributed by atoms with E-state index < -0.39 is 55.0 Å². The zero-order valence-corrected chi connectivity index (χ0v) is 24.9. The van der Waals surface area contributed by atoms with Gasteiger partial charge >= 0.3 is 27.7 Å². The third-order valence-corrected chi connectivity index (χ3v) is 4.34. The number of rotatable bonds is 5. The molecule has 7 N–H and O–H groups in total. The highest BCUT2D eigenvalue weighted by atomic mass is 32.3. The van der Waals surface area contributed by atoms with Crippen molar-refractivity contribution in [3.63, 3.8) is 0 Å². The molecule has 0 aliphatic rings. The van der Waals surface area contributed by atoms with Crippen LogP contribution in [0, 0.1) is 37.7 Å². The Balaban J connectivity index is -0.000000260. The summed E-state index contributed by atoms with van der Waals surface area (Å²) in [6, 6.07) is 9.37. The third kappa shape index (κ3) is 21.1. The second kappa shape index (κ2) is 24.0. The quantitative estimate of drug-likeness (QED) is 0.0715. The lowest BCUT2D eigenvalue weighted by Crippen LogP contribution is -1.99. The number of nitro benzene ring substituents is 2. The van der Waals surface area contributed by atoms with E-state index in [9.17, 15) is 47.8 Å². The first-order valence-corrected chi connectivity index (χ1v) is 12.8. The van der Waals surface area contributed by atoms with E-state index in [0.29, 0.717) is 11.6 Å². The molecule has 21 heteroatoms. The minimum Gasteiger partial charge on any atom is -0.478 e. The molecule has 0 aliphatic heterocycles. The topological polar surface area (TPSA) is 299 Å². The molecule has 0 unspecified atom stereocenters. The molecule has 0 aromatic heterocycles. The van der Waals surface area contributed by atoms with Crippen LogP contribution in [0.15, 0.2) is 54.6 Å². The fourth-order valence-electron chi connectivity index (χ4n) is 2.42. The van der Waals surface area contributed by atoms with Crippen LogP contribution in [-0.4, -0.2) is 74.4 Å². The van der Waals surface area contributed by atoms with Crippen LogP contribution >= 0.6 is 0 Å². The van der Waals surface area contributed by atoms with E-state index >= 15 is 0 Å². The Kier molecular flexibility index (Phi) is 24.7. The monoisotopic (exact) mass is 699 g/mol. The van der Waals surface area contributed by atoms with Crippen molar-refractivity contribution in [1.29, 1.82) is 0 Å². The number of anilines is 1. The van der Waals surface area contributed by atoms with Crippen LogP contribution in [0.2, 0.25) is 0 Å². The first-order chi connectivity index (χ1) is 21.1. The lowest BCUT2D eigenvalue weighted by atomic mass is 10.1. The molecule has 47 heavy (non-hydrogen) atoms. The van der Waals surface area contributed by atoms with Gasteiger partial charge < -0.3 is 21.1 Å². The van der Waals surface area contributed by atoms with Crippen LogP contribution in [-0.2, 0) is 10.4 Å². The van der Waals surface area contributed by atoms with Gasteiger partial charge in [-0.25, -0.2) is 9.18 Å². The number of aliphatic hydroxyl groups excluding tert-OH is 2. The summed E-state index contributed by atoms with van der Waals surface area (Å²) in [6.45, 7) is 2.67. The van der Waals surface area contributed by atoms with Crippen molar-refractivity contribution in [1.82, 2.24) is 0 Å². The molecule has 0 saturated heterocycles. The Morgan fingerprint density at radius 2 is 0.957 bits per heavy atom. The normalized spacial score (nSPS) is 9.09. The molecule has 262 valence electrons. The van der Waals surface area contributed by atoms with E-state index in [1.807, 2.05) is 0 Å². The number of ketones is 2. The summed E-state index contributed by atoms with van der Waals surface area (Å²) in [5.41, 5.74) is 3.99. The highest BCUT2D eigenvalue weighted by Crippen LogP contribution is 2.19. The van der Waals surface area contributed by atoms with E-state index in [4.69, 9.17) is 38.6 Å². The van der Waals surface area contributed by atoms with E-state index in [2.05, 4.69) is 0 Å². The van der Waals surface area contributed by atoms with E-state index in [0.717, 1.165) is 38.5 Å². The number of aliphatic hydroxyl groups is 2. The molecule has 0 bridgehead atoms. The molecular weight excluding hydrogens is 667 g/mol. The first-order valence-electron chi connectivity index (χ1n) is 11.4. The van der Waals surface area contributed by atoms with Gasteiger partial charge in [-0.2, -0.15) is 17.2 Å². The van der Waals surface area contributed by atoms with Crippen molar-refractivity contribution < 1.29 is 70.2 Å². The third-order valence-electron chi connectivity index (χ3n) is 4.34. The van der Waals surface area contributed by atoms with Crippen LogP contribution in [0.25, 0.3) is 0 Å². The van der Waals surface area contributed by atoms with Crippen LogP contribution in [0.3, 0.4) is 0 Å². The van der Waals surface area contributed by atoms with Crippen molar-refractivity contribution in [3.8, 4) is 0 Å². The molecule has 0 spiro atoms. The fourth-order valence-corrected chi connectivity index (χ4v) is 2.42. The molecular formula is C26H32F3N3O14S. The molecule has 3 aromatic carbocycles. The van der Waals surface area contributed by atoms with E-state index in [1.54, 1.807) is 0 Å². The average molecular weight is 700 g/mol. The van der Waals surface area contributed by atoms with Gasteiger partial charge in [-0.05, 0) is 56.3 Å². The number of carboxylic acids is 1. The maximum atomic E-state index is 12.7. The first kappa shape index (κ1) is 48.6. The van der Waals surface area contributed by atoms with Crippen LogP contribution < -0.4 is 5.73 Å². The SMILES string of the molecule is C.CC(=O)c1ccc(F)c(N)c1.CC(=O)c1ccc(F)c([N+](=O)[O-])c1.CO.CO.O=C(O)c1ccc(F)c([N+](=O)[O-])c1.O=S(=O)(O)O. The van der Waals surface area contributed by atoms with Crippen molar-refractivity contribution in [2.75, 3.05) is 20.0 Å². The Morgan fingerprint density at radius 1 is 0.681 bits per heavy atom. The van der Waals surface area contributed by atoms with Crippen LogP contribution in [0.1, 0.15) is 52.3 Å². The molecule has 0 heterocycles. The number of Topliss-reactive ketones (excluding diaryl/α,β-unsaturated/α-hetero) is 2. The summed E-state index contributed by atoms with van der Waals surface area (Å²) >= 11 is 0. The van der Waals surface area contributed by atoms with Gasteiger partial charge in [0, 0.05) is 37.5 Å². The molecule has 17 nitrogen and oxygen atoms in total. The Morgan fingerprint density at radius 3 is 1.23 bits per heavy atom. The predicted molar refractivity (Wildman–Crippen MR) is 161 cm³/mol. The summed E-state index contributed by atoms with van der Waals surface area (Å²) in [6.07, 6.45) is 0. The molecule has 0 atom stereocenters. The summed E-state index contributed by atoms with van der Waals surface area (Å²) < 4.78 is 69.5. The molecule has 0 amide bonds. The number of halogens is 3. The number of nitrogens with zero attached hydrogens (tertiary/aromatic N) is 2. The Hall–Kier alpha value is -5.35. The van der Waals surface area contributed by atoms with Gasteiger partial charge in [-0.3, -0.25) is 38.9 Å². The van der Waals surface area contributed by atoms with E-state index in [-0.39, 0.29) is 35.8 Å². The summed E-state index contributed by atoms with van der Waals surface area (Å²) in [5.74, 6) is -4.25. The highest BCUT2D eigenvalue weighted by molar-refractivity contribution is 7.79. The van der Waals surface area contributed by atoms with Gasteiger partial charge in [-0.1, -0.05) is 7.43 Å². The van der Waals surface area contributed by atoms with Crippen LogP contribution in [0.5, 0.6) is 0 Å². The lowest BCUT2D eigenvalue weighted by molar-refractivity contribution is -0.387. The zero-order valence-electron chi connectivity index (χ0n) is 24.1. The smallest absolute Gasteiger partial charge is 0.394 e. The second-order valence-electron chi connectivity index (χ2n) is 7.45. The second-order valence-corrected chi connectivity index (χ2v) is 8.34. The van der Waals surface area contributed by atoms with Gasteiger partial charge in [0.1, 0.15) is 5.82 Å². The number of nitrogens with two attached hydrogens (primary N) is 1. The average Bonchev–Trinajstić information content (AvgIpc) is 2.96. The molecule has 3 aromatic rings. The summed E-state index contributed by atoms with van der Waals surface area (Å²) in [7, 11) is -2.67.